The zero-order valence-electron chi connectivity index (χ0n) is 10.5. The Morgan fingerprint density at radius 1 is 1.30 bits per heavy atom. The normalized spacial score (nSPS) is 10.2. The molecule has 0 aliphatic heterocycles. The van der Waals surface area contributed by atoms with Crippen molar-refractivity contribution in [3.63, 3.8) is 0 Å². The summed E-state index contributed by atoms with van der Waals surface area (Å²) < 4.78 is 19.1. The summed E-state index contributed by atoms with van der Waals surface area (Å²) in [6.07, 6.45) is 0. The number of phenols is 1. The molecule has 0 aromatic heterocycles. The molecular weight excluding hydrogens is 285 g/mol. The first-order valence-electron chi connectivity index (χ1n) is 5.69. The van der Waals surface area contributed by atoms with Gasteiger partial charge in [-0.2, -0.15) is 0 Å². The summed E-state index contributed by atoms with van der Waals surface area (Å²) in [6, 6.07) is 8.32. The zero-order valence-corrected chi connectivity index (χ0v) is 11.2. The van der Waals surface area contributed by atoms with Gasteiger partial charge in [-0.15, -0.1) is 0 Å². The summed E-state index contributed by atoms with van der Waals surface area (Å²) in [7, 11) is 0. The fourth-order valence-electron chi connectivity index (χ4n) is 1.53. The summed E-state index contributed by atoms with van der Waals surface area (Å²) in [5, 5.41) is 11.6. The van der Waals surface area contributed by atoms with E-state index in [0.717, 1.165) is 6.07 Å². The molecule has 1 amide bonds. The van der Waals surface area contributed by atoms with Crippen molar-refractivity contribution in [3.05, 3.63) is 47.2 Å². The quantitative estimate of drug-likeness (QED) is 0.902. The third-order valence-electron chi connectivity index (χ3n) is 2.40. The molecule has 0 radical (unpaired) electrons. The van der Waals surface area contributed by atoms with Crippen molar-refractivity contribution in [2.24, 2.45) is 0 Å². The number of hydrogen-bond donors (Lipinski definition) is 2. The number of aromatic hydroxyl groups is 1. The van der Waals surface area contributed by atoms with E-state index in [0.29, 0.717) is 5.75 Å². The molecule has 4 nitrogen and oxygen atoms in total. The summed E-state index contributed by atoms with van der Waals surface area (Å²) in [5.41, 5.74) is -0.0179. The SMILES string of the molecule is CC(=O)Nc1cc(Oc2ccc(O)cc2)c(Cl)cc1F. The summed E-state index contributed by atoms with van der Waals surface area (Å²) >= 11 is 5.89. The van der Waals surface area contributed by atoms with E-state index in [1.807, 2.05) is 0 Å². The van der Waals surface area contributed by atoms with E-state index in [-0.39, 0.29) is 22.2 Å². The number of ether oxygens (including phenoxy) is 1. The fourth-order valence-corrected chi connectivity index (χ4v) is 1.72. The molecule has 6 heteroatoms. The molecule has 0 saturated heterocycles. The van der Waals surface area contributed by atoms with Crippen molar-refractivity contribution in [1.29, 1.82) is 0 Å². The van der Waals surface area contributed by atoms with Crippen LogP contribution in [0.15, 0.2) is 36.4 Å². The van der Waals surface area contributed by atoms with Crippen LogP contribution in [-0.2, 0) is 4.79 Å². The van der Waals surface area contributed by atoms with Gasteiger partial charge in [-0.05, 0) is 30.3 Å². The van der Waals surface area contributed by atoms with E-state index in [2.05, 4.69) is 5.32 Å². The number of halogens is 2. The van der Waals surface area contributed by atoms with Crippen molar-refractivity contribution in [2.75, 3.05) is 5.32 Å². The van der Waals surface area contributed by atoms with Crippen LogP contribution in [0.1, 0.15) is 6.92 Å². The van der Waals surface area contributed by atoms with E-state index in [1.165, 1.54) is 37.3 Å². The molecular formula is C14H11ClFNO3. The van der Waals surface area contributed by atoms with E-state index in [4.69, 9.17) is 16.3 Å². The van der Waals surface area contributed by atoms with Crippen LogP contribution < -0.4 is 10.1 Å². The minimum absolute atomic E-state index is 0.0179. The Balaban J connectivity index is 2.31. The van der Waals surface area contributed by atoms with Gasteiger partial charge >= 0.3 is 0 Å². The molecule has 0 aliphatic carbocycles. The molecule has 0 heterocycles. The van der Waals surface area contributed by atoms with Crippen molar-refractivity contribution in [1.82, 2.24) is 0 Å². The van der Waals surface area contributed by atoms with Crippen LogP contribution >= 0.6 is 11.6 Å². The standard InChI is InChI=1S/C14H11ClFNO3/c1-8(18)17-13-7-14(11(15)6-12(13)16)20-10-4-2-9(19)3-5-10/h2-7,19H,1H3,(H,17,18). The van der Waals surface area contributed by atoms with E-state index in [1.54, 1.807) is 0 Å². The second-order valence-corrected chi connectivity index (χ2v) is 4.45. The molecule has 0 spiro atoms. The molecule has 0 atom stereocenters. The second-order valence-electron chi connectivity index (χ2n) is 4.04. The lowest BCUT2D eigenvalue weighted by molar-refractivity contribution is -0.114. The number of amides is 1. The maximum absolute atomic E-state index is 13.6. The lowest BCUT2D eigenvalue weighted by Crippen LogP contribution is -2.07. The highest BCUT2D eigenvalue weighted by molar-refractivity contribution is 6.32. The minimum Gasteiger partial charge on any atom is -0.508 e. The molecule has 2 rings (SSSR count). The van der Waals surface area contributed by atoms with Crippen molar-refractivity contribution < 1.29 is 19.0 Å². The van der Waals surface area contributed by atoms with E-state index >= 15 is 0 Å². The van der Waals surface area contributed by atoms with Gasteiger partial charge in [0.1, 0.15) is 23.1 Å². The first kappa shape index (κ1) is 14.1. The number of carbonyl (C=O) groups excluding carboxylic acids is 1. The maximum Gasteiger partial charge on any atom is 0.221 e. The number of benzene rings is 2. The van der Waals surface area contributed by atoms with E-state index in [9.17, 15) is 14.3 Å². The molecule has 0 saturated carbocycles. The molecule has 2 aromatic rings. The molecule has 2 N–H and O–H groups in total. The summed E-state index contributed by atoms with van der Waals surface area (Å²) in [6.45, 7) is 1.27. The first-order valence-corrected chi connectivity index (χ1v) is 6.07. The van der Waals surface area contributed by atoms with Gasteiger partial charge in [0.15, 0.2) is 0 Å². The fraction of sp³-hybridized carbons (Fsp3) is 0.0714. The highest BCUT2D eigenvalue weighted by Gasteiger charge is 2.11. The van der Waals surface area contributed by atoms with Crippen LogP contribution in [0.5, 0.6) is 17.2 Å². The smallest absolute Gasteiger partial charge is 0.221 e. The van der Waals surface area contributed by atoms with Gasteiger partial charge < -0.3 is 15.2 Å². The van der Waals surface area contributed by atoms with Crippen molar-refractivity contribution in [2.45, 2.75) is 6.92 Å². The molecule has 0 bridgehead atoms. The van der Waals surface area contributed by atoms with Crippen LogP contribution in [0.4, 0.5) is 10.1 Å². The third-order valence-corrected chi connectivity index (χ3v) is 2.69. The minimum atomic E-state index is -0.650. The highest BCUT2D eigenvalue weighted by atomic mass is 35.5. The Hall–Kier alpha value is -2.27. The largest absolute Gasteiger partial charge is 0.508 e. The van der Waals surface area contributed by atoms with Crippen LogP contribution in [0.3, 0.4) is 0 Å². The second kappa shape index (κ2) is 5.79. The molecule has 0 unspecified atom stereocenters. The number of carbonyl (C=O) groups is 1. The number of hydrogen-bond acceptors (Lipinski definition) is 3. The van der Waals surface area contributed by atoms with Gasteiger partial charge in [0.25, 0.3) is 0 Å². The van der Waals surface area contributed by atoms with Gasteiger partial charge in [-0.3, -0.25) is 4.79 Å². The lowest BCUT2D eigenvalue weighted by atomic mass is 10.2. The molecule has 0 aliphatic rings. The molecule has 20 heavy (non-hydrogen) atoms. The van der Waals surface area contributed by atoms with Gasteiger partial charge in [-0.25, -0.2) is 4.39 Å². The Labute approximate surface area is 119 Å². The number of rotatable bonds is 3. The molecule has 2 aromatic carbocycles. The predicted molar refractivity (Wildman–Crippen MR) is 73.9 cm³/mol. The van der Waals surface area contributed by atoms with Crippen molar-refractivity contribution in [3.8, 4) is 17.2 Å². The first-order chi connectivity index (χ1) is 9.45. The van der Waals surface area contributed by atoms with E-state index < -0.39 is 11.7 Å². The Morgan fingerprint density at radius 2 is 1.95 bits per heavy atom. The van der Waals surface area contributed by atoms with Crippen LogP contribution in [0, 0.1) is 5.82 Å². The summed E-state index contributed by atoms with van der Waals surface area (Å²) in [5.74, 6) is -0.334. The average molecular weight is 296 g/mol. The molecule has 104 valence electrons. The van der Waals surface area contributed by atoms with Crippen LogP contribution in [0.25, 0.3) is 0 Å². The number of phenolic OH excluding ortho intramolecular Hbond substituents is 1. The topological polar surface area (TPSA) is 58.6 Å². The Morgan fingerprint density at radius 3 is 2.55 bits per heavy atom. The monoisotopic (exact) mass is 295 g/mol. The van der Waals surface area contributed by atoms with Crippen molar-refractivity contribution >= 4 is 23.2 Å². The number of nitrogens with one attached hydrogen (secondary N) is 1. The Bertz CT molecular complexity index is 644. The van der Waals surface area contributed by atoms with Crippen LogP contribution in [0.2, 0.25) is 5.02 Å². The Kier molecular flexibility index (Phi) is 4.10. The lowest BCUT2D eigenvalue weighted by Gasteiger charge is -2.11. The van der Waals surface area contributed by atoms with Crippen LogP contribution in [-0.4, -0.2) is 11.0 Å². The highest BCUT2D eigenvalue weighted by Crippen LogP contribution is 2.34. The van der Waals surface area contributed by atoms with Gasteiger partial charge in [-0.1, -0.05) is 11.6 Å². The van der Waals surface area contributed by atoms with Gasteiger partial charge in [0.2, 0.25) is 5.91 Å². The average Bonchev–Trinajstić information content (AvgIpc) is 2.37. The maximum atomic E-state index is 13.6. The summed E-state index contributed by atoms with van der Waals surface area (Å²) in [4.78, 5) is 11.0. The van der Waals surface area contributed by atoms with Gasteiger partial charge in [0.05, 0.1) is 10.7 Å². The van der Waals surface area contributed by atoms with Gasteiger partial charge in [0, 0.05) is 13.0 Å². The third kappa shape index (κ3) is 3.39. The predicted octanol–water partition coefficient (Wildman–Crippen LogP) is 3.94. The number of anilines is 1. The zero-order chi connectivity index (χ0) is 14.7. The molecule has 0 fully saturated rings.